The molecule has 2 aliphatic heterocycles. The summed E-state index contributed by atoms with van der Waals surface area (Å²) >= 11 is 0. The van der Waals surface area contributed by atoms with Crippen molar-refractivity contribution in [2.24, 2.45) is 17.8 Å². The van der Waals surface area contributed by atoms with Crippen LogP contribution in [0.2, 0.25) is 0 Å². The average Bonchev–Trinajstić information content (AvgIpc) is 2.51. The highest BCUT2D eigenvalue weighted by atomic mass is 19.2. The van der Waals surface area contributed by atoms with Crippen LogP contribution in [0.1, 0.15) is 39.5 Å². The Balaban J connectivity index is 1.51. The number of anilines is 1. The molecule has 0 radical (unpaired) electrons. The highest BCUT2D eigenvalue weighted by Gasteiger charge is 2.60. The first-order chi connectivity index (χ1) is 11.7. The molecule has 2 aliphatic carbocycles. The van der Waals surface area contributed by atoms with E-state index in [4.69, 9.17) is 4.74 Å². The van der Waals surface area contributed by atoms with Crippen LogP contribution in [-0.2, 0) is 4.74 Å². The van der Waals surface area contributed by atoms with Crippen molar-refractivity contribution in [2.75, 3.05) is 5.32 Å². The van der Waals surface area contributed by atoms with Crippen molar-refractivity contribution in [3.63, 3.8) is 0 Å². The molecule has 7 heteroatoms. The van der Waals surface area contributed by atoms with Crippen LogP contribution in [0.25, 0.3) is 0 Å². The number of nitrogens with one attached hydrogen (secondary N) is 2. The normalized spacial score (nSPS) is 38.7. The van der Waals surface area contributed by atoms with Gasteiger partial charge in [-0.05, 0) is 62.5 Å². The van der Waals surface area contributed by atoms with Crippen LogP contribution in [0.3, 0.4) is 0 Å². The molecule has 25 heavy (non-hydrogen) atoms. The van der Waals surface area contributed by atoms with Gasteiger partial charge in [0.2, 0.25) is 0 Å². The minimum atomic E-state index is -1.61. The molecule has 4 bridgehead atoms. The number of ether oxygens (including phenoxy) is 1. The molecule has 4 unspecified atom stereocenters. The van der Waals surface area contributed by atoms with Crippen molar-refractivity contribution in [3.05, 3.63) is 29.6 Å². The maximum Gasteiger partial charge on any atom is 0.321 e. The Morgan fingerprint density at radius 1 is 1.12 bits per heavy atom. The number of carbonyl (C=O) groups excluding carboxylic acids is 1. The van der Waals surface area contributed by atoms with Crippen molar-refractivity contribution in [1.82, 2.24) is 5.32 Å². The van der Waals surface area contributed by atoms with Gasteiger partial charge in [-0.3, -0.25) is 0 Å². The minimum absolute atomic E-state index is 0.251. The van der Waals surface area contributed by atoms with E-state index in [2.05, 4.69) is 24.5 Å². The van der Waals surface area contributed by atoms with Gasteiger partial charge in [-0.15, -0.1) is 0 Å². The Kier molecular flexibility index (Phi) is 3.58. The number of amides is 2. The summed E-state index contributed by atoms with van der Waals surface area (Å²) in [5, 5.41) is 5.09. The third kappa shape index (κ3) is 2.69. The lowest BCUT2D eigenvalue weighted by molar-refractivity contribution is -0.287. The number of benzene rings is 1. The molecule has 4 nitrogen and oxygen atoms in total. The Morgan fingerprint density at radius 2 is 1.76 bits per heavy atom. The van der Waals surface area contributed by atoms with E-state index < -0.39 is 34.9 Å². The molecule has 5 rings (SSSR count). The van der Waals surface area contributed by atoms with Gasteiger partial charge < -0.3 is 15.4 Å². The largest absolute Gasteiger partial charge is 0.350 e. The van der Waals surface area contributed by atoms with Crippen molar-refractivity contribution in [1.29, 1.82) is 0 Å². The smallest absolute Gasteiger partial charge is 0.321 e. The quantitative estimate of drug-likeness (QED) is 0.784. The minimum Gasteiger partial charge on any atom is -0.350 e. The van der Waals surface area contributed by atoms with E-state index in [1.807, 2.05) is 0 Å². The maximum absolute atomic E-state index is 13.7. The number of hydrogen-bond donors (Lipinski definition) is 2. The zero-order valence-electron chi connectivity index (χ0n) is 14.2. The predicted molar refractivity (Wildman–Crippen MR) is 85.3 cm³/mol. The second kappa shape index (κ2) is 5.37. The van der Waals surface area contributed by atoms with Crippen molar-refractivity contribution >= 4 is 11.7 Å². The van der Waals surface area contributed by atoms with Gasteiger partial charge in [0.15, 0.2) is 17.5 Å². The monoisotopic (exact) mass is 354 g/mol. The number of halogens is 3. The Labute approximate surface area is 144 Å². The zero-order chi connectivity index (χ0) is 18.0. The summed E-state index contributed by atoms with van der Waals surface area (Å²) in [6, 6.07) is 1.10. The first-order valence-corrected chi connectivity index (χ1v) is 8.63. The lowest BCUT2D eigenvalue weighted by Gasteiger charge is -2.63. The second-order valence-electron chi connectivity index (χ2n) is 8.04. The fourth-order valence-corrected chi connectivity index (χ4v) is 5.14. The van der Waals surface area contributed by atoms with Crippen molar-refractivity contribution in [3.8, 4) is 0 Å². The van der Waals surface area contributed by atoms with E-state index in [0.29, 0.717) is 30.6 Å². The van der Waals surface area contributed by atoms with Gasteiger partial charge in [-0.25, -0.2) is 18.0 Å². The summed E-state index contributed by atoms with van der Waals surface area (Å²) in [4.78, 5) is 12.3. The van der Waals surface area contributed by atoms with Crippen molar-refractivity contribution in [2.45, 2.75) is 50.9 Å². The molecule has 2 N–H and O–H groups in total. The Morgan fingerprint density at radius 3 is 2.40 bits per heavy atom. The van der Waals surface area contributed by atoms with E-state index >= 15 is 0 Å². The van der Waals surface area contributed by atoms with Crippen LogP contribution in [0, 0.1) is 35.2 Å². The van der Waals surface area contributed by atoms with Crippen LogP contribution in [0.4, 0.5) is 23.7 Å². The summed E-state index contributed by atoms with van der Waals surface area (Å²) < 4.78 is 46.3. The van der Waals surface area contributed by atoms with Gasteiger partial charge in [0.25, 0.3) is 0 Å². The summed E-state index contributed by atoms with van der Waals surface area (Å²) in [7, 11) is 0. The Bertz CT molecular complexity index is 723. The molecule has 0 aromatic heterocycles. The van der Waals surface area contributed by atoms with E-state index in [1.54, 1.807) is 0 Å². The van der Waals surface area contributed by atoms with Gasteiger partial charge in [0.05, 0.1) is 11.3 Å². The van der Waals surface area contributed by atoms with Gasteiger partial charge in [-0.1, -0.05) is 6.92 Å². The topological polar surface area (TPSA) is 50.4 Å². The molecular weight excluding hydrogens is 333 g/mol. The number of hydrogen-bond acceptors (Lipinski definition) is 2. The van der Waals surface area contributed by atoms with Gasteiger partial charge >= 0.3 is 6.03 Å². The zero-order valence-corrected chi connectivity index (χ0v) is 14.2. The molecule has 0 spiro atoms. The van der Waals surface area contributed by atoms with Gasteiger partial charge in [-0.2, -0.15) is 0 Å². The summed E-state index contributed by atoms with van der Waals surface area (Å²) in [5.41, 5.74) is -1.42. The third-order valence-electron chi connectivity index (χ3n) is 6.13. The van der Waals surface area contributed by atoms with Crippen LogP contribution in [0.5, 0.6) is 0 Å². The van der Waals surface area contributed by atoms with Crippen molar-refractivity contribution < 1.29 is 22.7 Å². The van der Waals surface area contributed by atoms with Crippen LogP contribution < -0.4 is 10.6 Å². The molecule has 4 fully saturated rings. The molecule has 2 heterocycles. The molecule has 4 aliphatic rings. The maximum atomic E-state index is 13.7. The SMILES string of the molecule is CC1C2CC3(C)C[C@H]1CC(NC(=O)Nc1ccc(F)c(F)c1F)(C2)O3. The molecule has 2 amide bonds. The summed E-state index contributed by atoms with van der Waals surface area (Å²) in [6.45, 7) is 4.32. The van der Waals surface area contributed by atoms with E-state index in [-0.39, 0.29) is 5.60 Å². The first kappa shape index (κ1) is 16.7. The third-order valence-corrected chi connectivity index (χ3v) is 6.13. The van der Waals surface area contributed by atoms with Crippen LogP contribution >= 0.6 is 0 Å². The highest BCUT2D eigenvalue weighted by Crippen LogP contribution is 2.58. The number of urea groups is 1. The molecule has 2 saturated heterocycles. The molecular formula is C18H21F3N2O2. The number of rotatable bonds is 2. The molecule has 5 atom stereocenters. The fourth-order valence-electron chi connectivity index (χ4n) is 5.14. The lowest BCUT2D eigenvalue weighted by atomic mass is 9.56. The van der Waals surface area contributed by atoms with E-state index in [0.717, 1.165) is 25.0 Å². The van der Waals surface area contributed by atoms with E-state index in [9.17, 15) is 18.0 Å². The standard InChI is InChI=1S/C18H21F3N2O2/c1-9-10-5-17(2)6-11(9)8-18(7-10,25-17)23-16(24)22-13-4-3-12(19)14(20)15(13)21/h3-4,9-11H,5-8H2,1-2H3,(H2,22,23,24)/t9?,10-,11?,17?,18?/m0/s1. The van der Waals surface area contributed by atoms with Gasteiger partial charge in [0, 0.05) is 0 Å². The van der Waals surface area contributed by atoms with E-state index in [1.165, 1.54) is 0 Å². The van der Waals surface area contributed by atoms with Crippen LogP contribution in [-0.4, -0.2) is 17.4 Å². The highest BCUT2D eigenvalue weighted by molar-refractivity contribution is 5.89. The summed E-state index contributed by atoms with van der Waals surface area (Å²) in [6.07, 6.45) is 3.39. The van der Waals surface area contributed by atoms with Crippen LogP contribution in [0.15, 0.2) is 12.1 Å². The fraction of sp³-hybridized carbons (Fsp3) is 0.611. The van der Waals surface area contributed by atoms with Gasteiger partial charge in [0.1, 0.15) is 5.72 Å². The molecule has 2 saturated carbocycles. The predicted octanol–water partition coefficient (Wildman–Crippen LogP) is 4.17. The lowest BCUT2D eigenvalue weighted by Crippen LogP contribution is -2.68. The molecule has 1 aromatic carbocycles. The first-order valence-electron chi connectivity index (χ1n) is 8.63. The molecule has 136 valence electrons. The summed E-state index contributed by atoms with van der Waals surface area (Å²) in [5.74, 6) is -2.76. The second-order valence-corrected chi connectivity index (χ2v) is 8.04. The average molecular weight is 354 g/mol. The Hall–Kier alpha value is -1.76. The molecule has 1 aromatic rings. The number of carbonyl (C=O) groups is 1.